The van der Waals surface area contributed by atoms with E-state index >= 15 is 0 Å². The number of aryl methyl sites for hydroxylation is 1. The highest BCUT2D eigenvalue weighted by Crippen LogP contribution is 2.38. The minimum absolute atomic E-state index is 0.384. The van der Waals surface area contributed by atoms with Crippen molar-refractivity contribution < 1.29 is 8.78 Å². The van der Waals surface area contributed by atoms with Crippen LogP contribution in [0.3, 0.4) is 0 Å². The second-order valence-electron chi connectivity index (χ2n) is 6.56. The number of pyridine rings is 3. The smallest absolute Gasteiger partial charge is 0.161 e. The van der Waals surface area contributed by atoms with E-state index < -0.39 is 11.6 Å². The van der Waals surface area contributed by atoms with Crippen molar-refractivity contribution in [3.8, 4) is 22.5 Å². The third kappa shape index (κ3) is 2.53. The molecule has 0 saturated carbocycles. The molecule has 0 radical (unpaired) electrons. The van der Waals surface area contributed by atoms with Crippen LogP contribution in [0.1, 0.15) is 5.69 Å². The molecule has 0 aliphatic carbocycles. The zero-order valence-corrected chi connectivity index (χ0v) is 14.9. The van der Waals surface area contributed by atoms with Crippen molar-refractivity contribution in [3.63, 3.8) is 0 Å². The van der Waals surface area contributed by atoms with Gasteiger partial charge in [0.2, 0.25) is 0 Å². The first kappa shape index (κ1) is 16.5. The van der Waals surface area contributed by atoms with Crippen LogP contribution in [0.15, 0.2) is 67.0 Å². The lowest BCUT2D eigenvalue weighted by atomic mass is 9.98. The summed E-state index contributed by atoms with van der Waals surface area (Å²) in [5.74, 6) is -1.83. The molecule has 0 spiro atoms. The van der Waals surface area contributed by atoms with Crippen LogP contribution in [0.2, 0.25) is 0 Å². The summed E-state index contributed by atoms with van der Waals surface area (Å²) in [6, 6.07) is 15.6. The van der Waals surface area contributed by atoms with Crippen LogP contribution in [-0.2, 0) is 0 Å². The van der Waals surface area contributed by atoms with E-state index in [0.717, 1.165) is 28.4 Å². The number of hydrogen-bond acceptors (Lipinski definition) is 3. The van der Waals surface area contributed by atoms with E-state index in [1.54, 1.807) is 16.8 Å². The third-order valence-electron chi connectivity index (χ3n) is 4.72. The maximum absolute atomic E-state index is 14.0. The van der Waals surface area contributed by atoms with Crippen molar-refractivity contribution >= 4 is 16.4 Å². The lowest BCUT2D eigenvalue weighted by Gasteiger charge is -2.08. The molecule has 1 aromatic carbocycles. The molecule has 0 bridgehead atoms. The summed E-state index contributed by atoms with van der Waals surface area (Å²) in [6.07, 6.45) is 3.44. The van der Waals surface area contributed by atoms with Gasteiger partial charge in [-0.15, -0.1) is 0 Å². The first-order valence-corrected chi connectivity index (χ1v) is 8.77. The molecule has 0 saturated heterocycles. The molecule has 0 aliphatic heterocycles. The molecule has 0 atom stereocenters. The van der Waals surface area contributed by atoms with Crippen molar-refractivity contribution in [3.05, 3.63) is 84.3 Å². The molecule has 5 rings (SSSR count). The van der Waals surface area contributed by atoms with Crippen molar-refractivity contribution in [1.82, 2.24) is 19.6 Å². The van der Waals surface area contributed by atoms with Crippen LogP contribution in [0.25, 0.3) is 38.9 Å². The lowest BCUT2D eigenvalue weighted by Crippen LogP contribution is -1.92. The minimum atomic E-state index is -0.919. The average Bonchev–Trinajstić information content (AvgIpc) is 3.08. The van der Waals surface area contributed by atoms with Gasteiger partial charge in [-0.2, -0.15) is 5.10 Å². The highest BCUT2D eigenvalue weighted by Gasteiger charge is 2.20. The predicted molar refractivity (Wildman–Crippen MR) is 104 cm³/mol. The molecule has 5 aromatic rings. The third-order valence-corrected chi connectivity index (χ3v) is 4.72. The van der Waals surface area contributed by atoms with Crippen LogP contribution >= 0.6 is 0 Å². The Kier molecular flexibility index (Phi) is 3.65. The molecular weight excluding hydrogens is 358 g/mol. The molecular formula is C22H14F2N4. The van der Waals surface area contributed by atoms with E-state index in [1.165, 1.54) is 6.07 Å². The molecule has 0 aliphatic rings. The standard InChI is InChI=1S/C22H14F2N4/c1-13-5-4-6-18(26-13)22-21(20-7-2-3-10-28(20)27-22)14-8-9-25-19-12-17(24)16(23)11-15(14)19/h2-12H,1H3. The summed E-state index contributed by atoms with van der Waals surface area (Å²) in [5.41, 5.74) is 5.01. The van der Waals surface area contributed by atoms with Gasteiger partial charge in [0.25, 0.3) is 0 Å². The fraction of sp³-hybridized carbons (Fsp3) is 0.0455. The molecule has 4 nitrogen and oxygen atoms in total. The lowest BCUT2D eigenvalue weighted by molar-refractivity contribution is 0.510. The van der Waals surface area contributed by atoms with Crippen molar-refractivity contribution in [2.24, 2.45) is 0 Å². The molecule has 6 heteroatoms. The van der Waals surface area contributed by atoms with E-state index in [2.05, 4.69) is 9.97 Å². The fourth-order valence-corrected chi connectivity index (χ4v) is 3.48. The molecule has 28 heavy (non-hydrogen) atoms. The largest absolute Gasteiger partial charge is 0.256 e. The number of fused-ring (bicyclic) bond motifs is 2. The first-order valence-electron chi connectivity index (χ1n) is 8.77. The highest BCUT2D eigenvalue weighted by molar-refractivity contribution is 6.03. The van der Waals surface area contributed by atoms with Gasteiger partial charge in [-0.3, -0.25) is 9.97 Å². The molecule has 4 aromatic heterocycles. The zero-order valence-electron chi connectivity index (χ0n) is 14.9. The number of benzene rings is 1. The molecule has 0 amide bonds. The van der Waals surface area contributed by atoms with Crippen LogP contribution in [-0.4, -0.2) is 19.6 Å². The van der Waals surface area contributed by atoms with E-state index in [-0.39, 0.29) is 0 Å². The van der Waals surface area contributed by atoms with Gasteiger partial charge in [0.05, 0.1) is 16.7 Å². The SMILES string of the molecule is Cc1cccc(-c2nn3ccccc3c2-c2ccnc3cc(F)c(F)cc23)n1. The van der Waals surface area contributed by atoms with Gasteiger partial charge in [-0.05, 0) is 48.9 Å². The number of aromatic nitrogens is 4. The van der Waals surface area contributed by atoms with Crippen molar-refractivity contribution in [2.45, 2.75) is 6.92 Å². The van der Waals surface area contributed by atoms with E-state index in [1.807, 2.05) is 49.5 Å². The number of rotatable bonds is 2. The number of nitrogens with zero attached hydrogens (tertiary/aromatic N) is 4. The van der Waals surface area contributed by atoms with E-state index in [0.29, 0.717) is 22.3 Å². The molecule has 0 fully saturated rings. The summed E-state index contributed by atoms with van der Waals surface area (Å²) in [7, 11) is 0. The Morgan fingerprint density at radius 3 is 2.64 bits per heavy atom. The molecule has 136 valence electrons. The maximum Gasteiger partial charge on any atom is 0.161 e. The summed E-state index contributed by atoms with van der Waals surface area (Å²) in [5, 5.41) is 5.24. The van der Waals surface area contributed by atoms with Gasteiger partial charge >= 0.3 is 0 Å². The van der Waals surface area contributed by atoms with Crippen LogP contribution in [0.5, 0.6) is 0 Å². The Morgan fingerprint density at radius 2 is 1.79 bits per heavy atom. The highest BCUT2D eigenvalue weighted by atomic mass is 19.2. The Bertz CT molecular complexity index is 1360. The van der Waals surface area contributed by atoms with Crippen molar-refractivity contribution in [2.75, 3.05) is 0 Å². The Balaban J connectivity index is 1.91. The fourth-order valence-electron chi connectivity index (χ4n) is 3.48. The predicted octanol–water partition coefficient (Wildman–Crippen LogP) is 5.20. The minimum Gasteiger partial charge on any atom is -0.256 e. The van der Waals surface area contributed by atoms with Gasteiger partial charge < -0.3 is 0 Å². The summed E-state index contributed by atoms with van der Waals surface area (Å²) in [6.45, 7) is 1.92. The monoisotopic (exact) mass is 372 g/mol. The van der Waals surface area contributed by atoms with E-state index in [9.17, 15) is 8.78 Å². The van der Waals surface area contributed by atoms with Crippen LogP contribution in [0.4, 0.5) is 8.78 Å². The second kappa shape index (κ2) is 6.20. The second-order valence-corrected chi connectivity index (χ2v) is 6.56. The number of hydrogen-bond donors (Lipinski definition) is 0. The quantitative estimate of drug-likeness (QED) is 0.428. The maximum atomic E-state index is 14.0. The molecule has 0 unspecified atom stereocenters. The number of halogens is 2. The average molecular weight is 372 g/mol. The normalized spacial score (nSPS) is 11.4. The van der Waals surface area contributed by atoms with Gasteiger partial charge in [0.15, 0.2) is 11.6 Å². The summed E-state index contributed by atoms with van der Waals surface area (Å²) >= 11 is 0. The Hall–Kier alpha value is -3.67. The van der Waals surface area contributed by atoms with Gasteiger partial charge in [0, 0.05) is 35.1 Å². The van der Waals surface area contributed by atoms with Crippen LogP contribution < -0.4 is 0 Å². The zero-order chi connectivity index (χ0) is 19.3. The van der Waals surface area contributed by atoms with Gasteiger partial charge in [-0.25, -0.2) is 13.3 Å². The van der Waals surface area contributed by atoms with Crippen LogP contribution in [0, 0.1) is 18.6 Å². The Morgan fingerprint density at radius 1 is 0.929 bits per heavy atom. The first-order chi connectivity index (χ1) is 13.6. The Labute approximate surface area is 159 Å². The van der Waals surface area contributed by atoms with Crippen molar-refractivity contribution in [1.29, 1.82) is 0 Å². The van der Waals surface area contributed by atoms with E-state index in [4.69, 9.17) is 5.10 Å². The van der Waals surface area contributed by atoms with Gasteiger partial charge in [0.1, 0.15) is 5.69 Å². The summed E-state index contributed by atoms with van der Waals surface area (Å²) in [4.78, 5) is 8.81. The van der Waals surface area contributed by atoms with Gasteiger partial charge in [-0.1, -0.05) is 12.1 Å². The topological polar surface area (TPSA) is 43.1 Å². The molecule has 0 N–H and O–H groups in total. The summed E-state index contributed by atoms with van der Waals surface area (Å²) < 4.78 is 29.5. The molecule has 4 heterocycles.